The molecule has 1 aromatic carbocycles. The van der Waals surface area contributed by atoms with Crippen LogP contribution in [0.2, 0.25) is 0 Å². The Morgan fingerprint density at radius 1 is 1.19 bits per heavy atom. The van der Waals surface area contributed by atoms with E-state index < -0.39 is 12.0 Å². The van der Waals surface area contributed by atoms with Crippen LogP contribution in [0.5, 0.6) is 11.5 Å². The van der Waals surface area contributed by atoms with E-state index in [2.05, 4.69) is 5.32 Å². The van der Waals surface area contributed by atoms with Gasteiger partial charge in [-0.25, -0.2) is 0 Å². The molecule has 6 heteroatoms. The zero-order valence-electron chi connectivity index (χ0n) is 11.9. The molecule has 0 spiro atoms. The van der Waals surface area contributed by atoms with E-state index in [-0.39, 0.29) is 0 Å². The third kappa shape index (κ3) is 3.11. The fourth-order valence-corrected chi connectivity index (χ4v) is 2.86. The molecule has 114 valence electrons. The highest BCUT2D eigenvalue weighted by atomic mass is 16.6. The number of benzene rings is 1. The van der Waals surface area contributed by atoms with Gasteiger partial charge >= 0.3 is 5.97 Å². The smallest absolute Gasteiger partial charge is 0.325 e. The van der Waals surface area contributed by atoms with Crippen LogP contribution in [-0.2, 0) is 4.79 Å². The van der Waals surface area contributed by atoms with E-state index in [4.69, 9.17) is 9.47 Å². The SMILES string of the molecule is O=C(O)C(c1ccc2c(c1)OCCO2)N1CCCNCC1. The zero-order valence-corrected chi connectivity index (χ0v) is 11.9. The van der Waals surface area contributed by atoms with Crippen LogP contribution in [0.4, 0.5) is 0 Å². The quantitative estimate of drug-likeness (QED) is 0.862. The second-order valence-corrected chi connectivity index (χ2v) is 5.28. The van der Waals surface area contributed by atoms with Gasteiger partial charge < -0.3 is 19.9 Å². The maximum atomic E-state index is 11.7. The Hall–Kier alpha value is -1.79. The molecule has 2 aliphatic heterocycles. The van der Waals surface area contributed by atoms with E-state index in [0.29, 0.717) is 24.7 Å². The predicted octanol–water partition coefficient (Wildman–Crippen LogP) is 0.879. The number of hydrogen-bond donors (Lipinski definition) is 2. The summed E-state index contributed by atoms with van der Waals surface area (Å²) in [5.41, 5.74) is 0.744. The average Bonchev–Trinajstić information content (AvgIpc) is 2.76. The number of rotatable bonds is 3. The molecule has 21 heavy (non-hydrogen) atoms. The van der Waals surface area contributed by atoms with E-state index in [1.807, 2.05) is 11.0 Å². The third-order valence-electron chi connectivity index (χ3n) is 3.86. The molecule has 2 N–H and O–H groups in total. The van der Waals surface area contributed by atoms with Gasteiger partial charge in [-0.05, 0) is 30.7 Å². The van der Waals surface area contributed by atoms with Crippen LogP contribution in [0.25, 0.3) is 0 Å². The van der Waals surface area contributed by atoms with Gasteiger partial charge in [0.25, 0.3) is 0 Å². The Kier molecular flexibility index (Phi) is 4.26. The van der Waals surface area contributed by atoms with Gasteiger partial charge in [0.2, 0.25) is 0 Å². The van der Waals surface area contributed by atoms with Crippen molar-refractivity contribution in [2.45, 2.75) is 12.5 Å². The molecule has 1 aromatic rings. The van der Waals surface area contributed by atoms with Crippen molar-refractivity contribution in [1.29, 1.82) is 0 Å². The summed E-state index contributed by atoms with van der Waals surface area (Å²) in [5, 5.41) is 12.9. The molecule has 0 saturated carbocycles. The first-order valence-corrected chi connectivity index (χ1v) is 7.33. The summed E-state index contributed by atoms with van der Waals surface area (Å²) in [5.74, 6) is 0.498. The highest BCUT2D eigenvalue weighted by molar-refractivity contribution is 5.76. The second kappa shape index (κ2) is 6.32. The summed E-state index contributed by atoms with van der Waals surface area (Å²) in [6.07, 6.45) is 0.953. The molecule has 0 amide bonds. The molecule has 1 saturated heterocycles. The maximum Gasteiger partial charge on any atom is 0.325 e. The lowest BCUT2D eigenvalue weighted by Gasteiger charge is -2.28. The van der Waals surface area contributed by atoms with Crippen molar-refractivity contribution >= 4 is 5.97 Å². The van der Waals surface area contributed by atoms with Gasteiger partial charge in [0.05, 0.1) is 0 Å². The van der Waals surface area contributed by atoms with Gasteiger partial charge in [-0.2, -0.15) is 0 Å². The summed E-state index contributed by atoms with van der Waals surface area (Å²) < 4.78 is 11.0. The molecule has 0 bridgehead atoms. The number of hydrogen-bond acceptors (Lipinski definition) is 5. The monoisotopic (exact) mass is 292 g/mol. The second-order valence-electron chi connectivity index (χ2n) is 5.28. The minimum Gasteiger partial charge on any atom is -0.486 e. The number of nitrogens with one attached hydrogen (secondary N) is 1. The van der Waals surface area contributed by atoms with Crippen molar-refractivity contribution in [2.24, 2.45) is 0 Å². The molecule has 6 nitrogen and oxygen atoms in total. The summed E-state index contributed by atoms with van der Waals surface area (Å²) in [4.78, 5) is 13.8. The Morgan fingerprint density at radius 3 is 2.81 bits per heavy atom. The number of aliphatic carboxylic acids is 1. The first-order valence-electron chi connectivity index (χ1n) is 7.33. The maximum absolute atomic E-state index is 11.7. The first kappa shape index (κ1) is 14.2. The predicted molar refractivity (Wildman–Crippen MR) is 76.9 cm³/mol. The molecular weight excluding hydrogens is 272 g/mol. The van der Waals surface area contributed by atoms with E-state index in [0.717, 1.165) is 38.2 Å². The molecule has 1 unspecified atom stereocenters. The van der Waals surface area contributed by atoms with Gasteiger partial charge in [0.1, 0.15) is 19.3 Å². The van der Waals surface area contributed by atoms with Crippen molar-refractivity contribution in [2.75, 3.05) is 39.4 Å². The number of carboxylic acids is 1. The lowest BCUT2D eigenvalue weighted by molar-refractivity contribution is -0.143. The Labute approximate surface area is 123 Å². The van der Waals surface area contributed by atoms with Crippen LogP contribution in [0.15, 0.2) is 18.2 Å². The molecule has 2 aliphatic rings. The van der Waals surface area contributed by atoms with Crippen LogP contribution in [0.1, 0.15) is 18.0 Å². The summed E-state index contributed by atoms with van der Waals surface area (Å²) in [6, 6.07) is 4.78. The van der Waals surface area contributed by atoms with Crippen molar-refractivity contribution < 1.29 is 19.4 Å². The fourth-order valence-electron chi connectivity index (χ4n) is 2.86. The molecule has 1 fully saturated rings. The Balaban J connectivity index is 1.87. The lowest BCUT2D eigenvalue weighted by Crippen LogP contribution is -2.36. The normalized spacial score (nSPS) is 20.6. The average molecular weight is 292 g/mol. The van der Waals surface area contributed by atoms with Crippen LogP contribution in [-0.4, -0.2) is 55.4 Å². The van der Waals surface area contributed by atoms with Gasteiger partial charge in [-0.1, -0.05) is 6.07 Å². The molecule has 0 aromatic heterocycles. The van der Waals surface area contributed by atoms with Crippen LogP contribution in [0, 0.1) is 0 Å². The van der Waals surface area contributed by atoms with Gasteiger partial charge in [-0.15, -0.1) is 0 Å². The molecule has 0 aliphatic carbocycles. The number of carbonyl (C=O) groups is 1. The highest BCUT2D eigenvalue weighted by Gasteiger charge is 2.29. The summed E-state index contributed by atoms with van der Waals surface area (Å²) in [6.45, 7) is 4.29. The number of fused-ring (bicyclic) bond motifs is 1. The lowest BCUT2D eigenvalue weighted by atomic mass is 10.0. The van der Waals surface area contributed by atoms with Crippen molar-refractivity contribution in [3.8, 4) is 11.5 Å². The van der Waals surface area contributed by atoms with E-state index in [1.165, 1.54) is 0 Å². The van der Waals surface area contributed by atoms with Crippen molar-refractivity contribution in [3.05, 3.63) is 23.8 Å². The highest BCUT2D eigenvalue weighted by Crippen LogP contribution is 2.34. The van der Waals surface area contributed by atoms with E-state index in [1.54, 1.807) is 12.1 Å². The van der Waals surface area contributed by atoms with Gasteiger partial charge in [-0.3, -0.25) is 9.69 Å². The topological polar surface area (TPSA) is 71.0 Å². The largest absolute Gasteiger partial charge is 0.486 e. The molecule has 2 heterocycles. The summed E-state index contributed by atoms with van der Waals surface area (Å²) >= 11 is 0. The minimum atomic E-state index is -0.825. The number of carboxylic acid groups (broad SMARTS) is 1. The van der Waals surface area contributed by atoms with Crippen LogP contribution in [0.3, 0.4) is 0 Å². The van der Waals surface area contributed by atoms with E-state index >= 15 is 0 Å². The molecule has 3 rings (SSSR count). The van der Waals surface area contributed by atoms with Crippen molar-refractivity contribution in [1.82, 2.24) is 10.2 Å². The molecule has 1 atom stereocenters. The van der Waals surface area contributed by atoms with Gasteiger partial charge in [0.15, 0.2) is 11.5 Å². The third-order valence-corrected chi connectivity index (χ3v) is 3.86. The summed E-state index contributed by atoms with van der Waals surface area (Å²) in [7, 11) is 0. The molecule has 0 radical (unpaired) electrons. The van der Waals surface area contributed by atoms with Crippen LogP contribution >= 0.6 is 0 Å². The molecular formula is C15H20N2O4. The Bertz CT molecular complexity index is 512. The van der Waals surface area contributed by atoms with Crippen molar-refractivity contribution in [3.63, 3.8) is 0 Å². The zero-order chi connectivity index (χ0) is 14.7. The first-order chi connectivity index (χ1) is 10.3. The van der Waals surface area contributed by atoms with E-state index in [9.17, 15) is 9.90 Å². The number of ether oxygens (including phenoxy) is 2. The van der Waals surface area contributed by atoms with Crippen LogP contribution < -0.4 is 14.8 Å². The number of nitrogens with zero attached hydrogens (tertiary/aromatic N) is 1. The van der Waals surface area contributed by atoms with Gasteiger partial charge in [0, 0.05) is 19.6 Å². The Morgan fingerprint density at radius 2 is 2.00 bits per heavy atom. The standard InChI is InChI=1S/C15H20N2O4/c18-15(19)14(17-6-1-4-16-5-7-17)11-2-3-12-13(10-11)21-9-8-20-12/h2-3,10,14,16H,1,4-9H2,(H,18,19). The minimum absolute atomic E-state index is 0.502. The fraction of sp³-hybridized carbons (Fsp3) is 0.533.